The largest absolute Gasteiger partial charge is 0.497 e. The Morgan fingerprint density at radius 1 is 1.12 bits per heavy atom. The Morgan fingerprint density at radius 3 is 2.46 bits per heavy atom. The van der Waals surface area contributed by atoms with Crippen LogP contribution in [0.15, 0.2) is 48.5 Å². The highest BCUT2D eigenvalue weighted by atomic mass is 16.5. The van der Waals surface area contributed by atoms with Crippen molar-refractivity contribution >= 4 is 19.0 Å². The summed E-state index contributed by atoms with van der Waals surface area (Å²) in [5.74, 6) is -1.79. The van der Waals surface area contributed by atoms with Crippen LogP contribution < -0.4 is 10.1 Å². The predicted molar refractivity (Wildman–Crippen MR) is 95.9 cm³/mol. The van der Waals surface area contributed by atoms with Crippen LogP contribution in [-0.2, 0) is 17.6 Å². The quantitative estimate of drug-likeness (QED) is 0.516. The minimum absolute atomic E-state index is 0.0512. The molecule has 2 aromatic carbocycles. The number of nitrogens with one attached hydrogen (secondary N) is 1. The van der Waals surface area contributed by atoms with E-state index in [1.807, 2.05) is 0 Å². The van der Waals surface area contributed by atoms with Crippen LogP contribution in [0.1, 0.15) is 21.5 Å². The number of aromatic carboxylic acids is 1. The molecule has 2 aromatic rings. The number of ether oxygens (including phenoxy) is 1. The van der Waals surface area contributed by atoms with Crippen LogP contribution in [0.5, 0.6) is 5.75 Å². The van der Waals surface area contributed by atoms with Crippen LogP contribution >= 0.6 is 0 Å². The molecule has 8 heteroatoms. The van der Waals surface area contributed by atoms with Crippen LogP contribution in [0, 0.1) is 0 Å². The molecule has 1 amide bonds. The highest BCUT2D eigenvalue weighted by Crippen LogP contribution is 2.13. The molecule has 0 spiro atoms. The normalized spacial score (nSPS) is 11.5. The SMILES string of the molecule is COc1cccc(CC(=O)NC(Cc2cccc(C(=O)O)c2)B(O)O)c1. The molecular weight excluding hydrogens is 337 g/mol. The first kappa shape index (κ1) is 19.5. The zero-order valence-electron chi connectivity index (χ0n) is 14.3. The zero-order chi connectivity index (χ0) is 19.1. The monoisotopic (exact) mass is 357 g/mol. The third-order valence-electron chi connectivity index (χ3n) is 3.83. The number of hydrogen-bond acceptors (Lipinski definition) is 5. The van der Waals surface area contributed by atoms with Gasteiger partial charge in [-0.1, -0.05) is 24.3 Å². The van der Waals surface area contributed by atoms with Gasteiger partial charge in [0.05, 0.1) is 25.0 Å². The van der Waals surface area contributed by atoms with Gasteiger partial charge in [-0.2, -0.15) is 0 Å². The molecule has 4 N–H and O–H groups in total. The number of amides is 1. The van der Waals surface area contributed by atoms with Crippen molar-refractivity contribution in [2.24, 2.45) is 0 Å². The van der Waals surface area contributed by atoms with Gasteiger partial charge in [0, 0.05) is 0 Å². The number of carboxylic acids is 1. The molecule has 0 saturated heterocycles. The van der Waals surface area contributed by atoms with Crippen molar-refractivity contribution in [1.29, 1.82) is 0 Å². The van der Waals surface area contributed by atoms with E-state index < -0.39 is 19.0 Å². The molecule has 136 valence electrons. The van der Waals surface area contributed by atoms with Crippen LogP contribution in [0.2, 0.25) is 0 Å². The van der Waals surface area contributed by atoms with Crippen LogP contribution in [-0.4, -0.2) is 47.2 Å². The second-order valence-electron chi connectivity index (χ2n) is 5.83. The summed E-state index contributed by atoms with van der Waals surface area (Å²) in [4.78, 5) is 23.3. The van der Waals surface area contributed by atoms with E-state index in [1.165, 1.54) is 19.2 Å². The van der Waals surface area contributed by atoms with Gasteiger partial charge in [0.2, 0.25) is 5.91 Å². The standard InChI is InChI=1S/C18H20BNO6/c1-26-15-7-3-5-13(9-15)11-17(21)20-16(19(24)25)10-12-4-2-6-14(8-12)18(22)23/h2-9,16,24-25H,10-11H2,1H3,(H,20,21)(H,22,23). The van der Waals surface area contributed by atoms with Crippen molar-refractivity contribution in [1.82, 2.24) is 5.32 Å². The minimum atomic E-state index is -1.78. The molecule has 26 heavy (non-hydrogen) atoms. The third kappa shape index (κ3) is 5.61. The topological polar surface area (TPSA) is 116 Å². The Hall–Kier alpha value is -2.84. The fourth-order valence-corrected chi connectivity index (χ4v) is 2.54. The molecule has 0 aliphatic rings. The summed E-state index contributed by atoms with van der Waals surface area (Å²) in [6.07, 6.45) is 0.137. The van der Waals surface area contributed by atoms with Gasteiger partial charge in [-0.05, 0) is 41.8 Å². The van der Waals surface area contributed by atoms with Gasteiger partial charge in [0.15, 0.2) is 0 Å². The van der Waals surface area contributed by atoms with Gasteiger partial charge in [-0.25, -0.2) is 4.79 Å². The van der Waals surface area contributed by atoms with E-state index in [9.17, 15) is 19.6 Å². The first-order valence-corrected chi connectivity index (χ1v) is 7.99. The van der Waals surface area contributed by atoms with Crippen molar-refractivity contribution in [3.63, 3.8) is 0 Å². The molecule has 0 saturated carbocycles. The lowest BCUT2D eigenvalue weighted by atomic mass is 9.75. The smallest absolute Gasteiger partial charge is 0.475 e. The predicted octanol–water partition coefficient (Wildman–Crippen LogP) is 0.675. The number of carboxylic acid groups (broad SMARTS) is 1. The van der Waals surface area contributed by atoms with E-state index in [2.05, 4.69) is 5.32 Å². The average molecular weight is 357 g/mol. The van der Waals surface area contributed by atoms with Crippen LogP contribution in [0.4, 0.5) is 0 Å². The molecule has 0 fully saturated rings. The number of methoxy groups -OCH3 is 1. The highest BCUT2D eigenvalue weighted by Gasteiger charge is 2.26. The van der Waals surface area contributed by atoms with E-state index >= 15 is 0 Å². The lowest BCUT2D eigenvalue weighted by molar-refractivity contribution is -0.120. The molecule has 0 aromatic heterocycles. The van der Waals surface area contributed by atoms with E-state index in [4.69, 9.17) is 9.84 Å². The molecule has 0 aliphatic carbocycles. The molecule has 1 unspecified atom stereocenters. The summed E-state index contributed by atoms with van der Waals surface area (Å²) in [5, 5.41) is 30.7. The molecular formula is C18H20BNO6. The van der Waals surface area contributed by atoms with Crippen molar-refractivity contribution in [3.8, 4) is 5.75 Å². The second kappa shape index (κ2) is 9.03. The second-order valence-corrected chi connectivity index (χ2v) is 5.83. The van der Waals surface area contributed by atoms with E-state index in [1.54, 1.807) is 36.4 Å². The average Bonchev–Trinajstić information content (AvgIpc) is 2.61. The molecule has 2 rings (SSSR count). The van der Waals surface area contributed by atoms with Gasteiger partial charge >= 0.3 is 13.1 Å². The van der Waals surface area contributed by atoms with Crippen molar-refractivity contribution in [2.75, 3.05) is 7.11 Å². The van der Waals surface area contributed by atoms with Crippen molar-refractivity contribution in [3.05, 3.63) is 65.2 Å². The fraction of sp³-hybridized carbons (Fsp3) is 0.222. The summed E-state index contributed by atoms with van der Waals surface area (Å²) in [6, 6.07) is 13.1. The van der Waals surface area contributed by atoms with Crippen molar-refractivity contribution < 1.29 is 29.5 Å². The first-order valence-electron chi connectivity index (χ1n) is 7.99. The maximum absolute atomic E-state index is 12.2. The summed E-state index contributed by atoms with van der Waals surface area (Å²) in [7, 11) is -0.250. The Labute approximate surface area is 151 Å². The van der Waals surface area contributed by atoms with Gasteiger partial charge in [0.1, 0.15) is 5.75 Å². The van der Waals surface area contributed by atoms with E-state index in [0.717, 1.165) is 5.56 Å². The summed E-state index contributed by atoms with van der Waals surface area (Å²) in [6.45, 7) is 0. The molecule has 7 nitrogen and oxygen atoms in total. The summed E-state index contributed by atoms with van der Waals surface area (Å²) in [5.41, 5.74) is 1.39. The number of carbonyl (C=O) groups excluding carboxylic acids is 1. The number of carbonyl (C=O) groups is 2. The molecule has 0 heterocycles. The molecule has 1 atom stereocenters. The van der Waals surface area contributed by atoms with Gasteiger partial charge < -0.3 is 25.2 Å². The fourth-order valence-electron chi connectivity index (χ4n) is 2.54. The van der Waals surface area contributed by atoms with E-state index in [0.29, 0.717) is 11.3 Å². The Bertz CT molecular complexity index is 780. The number of benzene rings is 2. The molecule has 0 aliphatic heterocycles. The third-order valence-corrected chi connectivity index (χ3v) is 3.83. The Balaban J connectivity index is 2.04. The first-order chi connectivity index (χ1) is 12.4. The van der Waals surface area contributed by atoms with Crippen LogP contribution in [0.3, 0.4) is 0 Å². The lowest BCUT2D eigenvalue weighted by Crippen LogP contribution is -2.48. The highest BCUT2D eigenvalue weighted by molar-refractivity contribution is 6.43. The maximum atomic E-state index is 12.2. The van der Waals surface area contributed by atoms with Gasteiger partial charge in [0.25, 0.3) is 0 Å². The number of hydrogen-bond donors (Lipinski definition) is 4. The zero-order valence-corrected chi connectivity index (χ0v) is 14.3. The summed E-state index contributed by atoms with van der Waals surface area (Å²) >= 11 is 0. The lowest BCUT2D eigenvalue weighted by Gasteiger charge is -2.18. The van der Waals surface area contributed by atoms with E-state index in [-0.39, 0.29) is 24.3 Å². The Kier molecular flexibility index (Phi) is 6.77. The van der Waals surface area contributed by atoms with Crippen molar-refractivity contribution in [2.45, 2.75) is 18.8 Å². The van der Waals surface area contributed by atoms with Gasteiger partial charge in [-0.3, -0.25) is 4.79 Å². The maximum Gasteiger partial charge on any atom is 0.475 e. The molecule has 0 radical (unpaired) electrons. The van der Waals surface area contributed by atoms with Gasteiger partial charge in [-0.15, -0.1) is 0 Å². The minimum Gasteiger partial charge on any atom is -0.497 e. The van der Waals surface area contributed by atoms with Crippen LogP contribution in [0.25, 0.3) is 0 Å². The number of rotatable bonds is 8. The Morgan fingerprint density at radius 2 is 1.81 bits per heavy atom. The summed E-state index contributed by atoms with van der Waals surface area (Å²) < 4.78 is 5.11. The molecule has 0 bridgehead atoms.